The van der Waals surface area contributed by atoms with Crippen molar-refractivity contribution in [2.45, 2.75) is 0 Å². The highest BCUT2D eigenvalue weighted by atomic mass is 16.6. The van der Waals surface area contributed by atoms with Crippen LogP contribution in [0.3, 0.4) is 0 Å². The van der Waals surface area contributed by atoms with Crippen LogP contribution in [0.4, 0.5) is 0 Å². The van der Waals surface area contributed by atoms with Gasteiger partial charge in [-0.25, -0.2) is 0 Å². The Balaban J connectivity index is 0.724. The van der Waals surface area contributed by atoms with Gasteiger partial charge in [0.05, 0.1) is 106 Å². The quantitative estimate of drug-likeness (QED) is 0.135. The van der Waals surface area contributed by atoms with Crippen LogP contribution in [0.25, 0.3) is 0 Å². The maximum atomic E-state index is 11.3. The van der Waals surface area contributed by atoms with Crippen LogP contribution < -0.4 is 56.8 Å². The summed E-state index contributed by atoms with van der Waals surface area (Å²) >= 11 is 0. The average molecular weight is 1280 g/mol. The number of aromatic nitrogens is 12. The lowest BCUT2D eigenvalue weighted by molar-refractivity contribution is -0.00752. The van der Waals surface area contributed by atoms with Crippen LogP contribution in [-0.4, -0.2) is 212 Å². The summed E-state index contributed by atoms with van der Waals surface area (Å²) in [5.41, 5.74) is 0. The van der Waals surface area contributed by atoms with Crippen LogP contribution in [0.5, 0.6) is 141 Å². The molecule has 92 heavy (non-hydrogen) atoms. The zero-order valence-electron chi connectivity index (χ0n) is 48.4. The lowest BCUT2D eigenvalue weighted by atomic mass is 10.3. The van der Waals surface area contributed by atoms with Crippen molar-refractivity contribution in [3.05, 3.63) is 72.8 Å². The van der Waals surface area contributed by atoms with Crippen LogP contribution in [0, 0.1) is 0 Å². The Morgan fingerprint density at radius 3 is 0.467 bits per heavy atom. The number of aromatic hydroxyl groups is 4. The molecule has 0 atom stereocenters. The van der Waals surface area contributed by atoms with Gasteiger partial charge in [-0.15, -0.1) is 59.8 Å². The highest BCUT2D eigenvalue weighted by Crippen LogP contribution is 2.45. The van der Waals surface area contributed by atoms with Gasteiger partial charge in [0.2, 0.25) is 23.0 Å². The van der Waals surface area contributed by atoms with E-state index in [0.717, 1.165) is 0 Å². The lowest BCUT2D eigenvalue weighted by Gasteiger charge is -2.15. The monoisotopic (exact) mass is 1280 g/mol. The SMILES string of the molecule is Oc1c2cccc1Oc1nc3nc(n1)Oc1cccc(c1O)Oc1nc(nc(n1)O2)OCCOCCOCCOCCOCCOc1nc2nc(n1)Oc1cccc(c1O)Oc1nc(nc(n1)Oc1cccc(c1O)O2)OCCOCCOCCOCCOCCO3. The predicted octanol–water partition coefficient (Wildman–Crippen LogP) is 5.58. The normalized spacial score (nSPS) is 16.3. The average Bonchev–Trinajstić information content (AvgIpc) is 0.943. The summed E-state index contributed by atoms with van der Waals surface area (Å²) in [5, 5.41) is 45.2. The summed E-state index contributed by atoms with van der Waals surface area (Å²) in [4.78, 5) is 50.5. The Morgan fingerprint density at radius 1 is 0.185 bits per heavy atom. The number of para-hydroxylation sites is 4. The van der Waals surface area contributed by atoms with Crippen molar-refractivity contribution in [3.63, 3.8) is 0 Å². The third kappa shape index (κ3) is 18.3. The van der Waals surface area contributed by atoms with Crippen LogP contribution in [-0.2, 0) is 37.9 Å². The fourth-order valence-corrected chi connectivity index (χ4v) is 7.65. The Bertz CT molecular complexity index is 3090. The molecule has 4 aromatic heterocycles. The van der Waals surface area contributed by atoms with Gasteiger partial charge >= 0.3 is 72.1 Å². The zero-order valence-corrected chi connectivity index (χ0v) is 48.4. The first kappa shape index (κ1) is 63.0. The van der Waals surface area contributed by atoms with Gasteiger partial charge in [-0.2, -0.15) is 0 Å². The van der Waals surface area contributed by atoms with Gasteiger partial charge in [0.15, 0.2) is 46.0 Å². The molecule has 0 amide bonds. The second kappa shape index (κ2) is 32.2. The molecule has 4 aliphatic heterocycles. The molecule has 0 aliphatic carbocycles. The minimum absolute atomic E-state index is 0.0392. The van der Waals surface area contributed by atoms with Crippen LogP contribution >= 0.6 is 0 Å². The van der Waals surface area contributed by atoms with E-state index in [1.165, 1.54) is 72.8 Å². The molecule has 0 saturated carbocycles. The zero-order chi connectivity index (χ0) is 63.1. The first-order chi connectivity index (χ1) is 45.2. The van der Waals surface area contributed by atoms with E-state index in [1.54, 1.807) is 0 Å². The van der Waals surface area contributed by atoms with Crippen molar-refractivity contribution in [2.75, 3.05) is 132 Å². The van der Waals surface area contributed by atoms with Crippen molar-refractivity contribution >= 4 is 0 Å². The third-order valence-corrected chi connectivity index (χ3v) is 11.8. The summed E-state index contributed by atoms with van der Waals surface area (Å²) in [6.07, 6.45) is 0. The van der Waals surface area contributed by atoms with Crippen molar-refractivity contribution in [1.82, 2.24) is 59.8 Å². The summed E-state index contributed by atoms with van der Waals surface area (Å²) in [6, 6.07) is 13.4. The Labute approximate surface area is 519 Å². The Morgan fingerprint density at radius 2 is 0.315 bits per heavy atom. The number of phenolic OH excluding ortho intramolecular Hbond substituents is 4. The molecule has 20 bridgehead atoms. The van der Waals surface area contributed by atoms with E-state index in [0.29, 0.717) is 0 Å². The molecule has 8 heterocycles. The number of benzene rings is 4. The van der Waals surface area contributed by atoms with Gasteiger partial charge < -0.3 is 115 Å². The summed E-state index contributed by atoms with van der Waals surface area (Å²) < 4.78 is 115. The van der Waals surface area contributed by atoms with Crippen molar-refractivity contribution in [3.8, 4) is 141 Å². The molecule has 4 aliphatic rings. The molecule has 0 unspecified atom stereocenters. The largest absolute Gasteiger partial charge is 0.502 e. The lowest BCUT2D eigenvalue weighted by Crippen LogP contribution is -2.15. The van der Waals surface area contributed by atoms with E-state index in [4.69, 9.17) is 94.7 Å². The van der Waals surface area contributed by atoms with Gasteiger partial charge in [-0.1, -0.05) is 24.3 Å². The highest BCUT2D eigenvalue weighted by molar-refractivity contribution is 5.55. The molecule has 0 radical (unpaired) electrons. The molecule has 8 aromatic rings. The van der Waals surface area contributed by atoms with Gasteiger partial charge in [-0.05, 0) is 48.5 Å². The van der Waals surface area contributed by atoms with E-state index in [9.17, 15) is 20.4 Å². The summed E-state index contributed by atoms with van der Waals surface area (Å²) in [7, 11) is 0. The number of hydrogen-bond donors (Lipinski definition) is 4. The van der Waals surface area contributed by atoms with Crippen LogP contribution in [0.15, 0.2) is 72.8 Å². The molecule has 484 valence electrons. The summed E-state index contributed by atoms with van der Waals surface area (Å²) in [5.74, 6) is -3.28. The molecule has 0 fully saturated rings. The number of rotatable bonds is 0. The van der Waals surface area contributed by atoms with Crippen LogP contribution in [0.1, 0.15) is 0 Å². The van der Waals surface area contributed by atoms with Crippen molar-refractivity contribution in [1.29, 1.82) is 0 Å². The number of phenols is 4. The topological polar surface area (TPSA) is 420 Å². The third-order valence-electron chi connectivity index (χ3n) is 11.8. The minimum atomic E-state index is -0.497. The molecule has 36 heteroatoms. The second-order valence-electron chi connectivity index (χ2n) is 18.3. The molecular weight excluding hydrogens is 1220 g/mol. The van der Waals surface area contributed by atoms with Gasteiger partial charge in [0.1, 0.15) is 26.4 Å². The number of hydrogen-bond acceptors (Lipinski definition) is 36. The predicted molar refractivity (Wildman–Crippen MR) is 301 cm³/mol. The van der Waals surface area contributed by atoms with E-state index >= 15 is 0 Å². The smallest absolute Gasteiger partial charge is 0.331 e. The number of nitrogens with zero attached hydrogens (tertiary/aromatic N) is 12. The van der Waals surface area contributed by atoms with Gasteiger partial charge in [0, 0.05) is 0 Å². The fraction of sp³-hybridized carbons (Fsp3) is 0.357. The van der Waals surface area contributed by atoms with Crippen molar-refractivity contribution < 1.29 is 115 Å². The summed E-state index contributed by atoms with van der Waals surface area (Å²) in [6.45, 7) is 2.99. The Kier molecular flexibility index (Phi) is 22.1. The van der Waals surface area contributed by atoms with E-state index < -0.39 is 23.0 Å². The molecule has 4 aromatic carbocycles. The fourth-order valence-electron chi connectivity index (χ4n) is 7.65. The second-order valence-corrected chi connectivity index (χ2v) is 18.3. The molecule has 0 spiro atoms. The molecule has 12 rings (SSSR count). The van der Waals surface area contributed by atoms with E-state index in [-0.39, 0.29) is 250 Å². The minimum Gasteiger partial charge on any atom is -0.502 e. The van der Waals surface area contributed by atoms with Crippen LogP contribution in [0.2, 0.25) is 0 Å². The standard InChI is InChI=1S/C56H56N12O24/c69-41-33-5-1-6-34(41)86-50-58-46-60-52(66-50)88-36-8-2-7-35(42(36)70)87-51-59-45(57-49(65-51)85-33)81-29-25-77-21-17-73-13-15-75-19-23-79-27-31-83-47-61-53-67-55(63-47)91-39-11-4-12-40(44(39)72)92-56-64-48(62-54(68-56)90-38-10-3-9-37(89-53)43(38)71)84-32-28-80-24-20-76-16-14-74-18-22-78-26-30-82-46/h1-12,69-72H,13-32H2. The van der Waals surface area contributed by atoms with Gasteiger partial charge in [0.25, 0.3) is 0 Å². The van der Waals surface area contributed by atoms with Gasteiger partial charge in [-0.3, -0.25) is 0 Å². The molecular formula is C56H56N12O24. The first-order valence-electron chi connectivity index (χ1n) is 28.1. The Hall–Kier alpha value is -10.6. The molecule has 36 nitrogen and oxygen atoms in total. The number of fused-ring (bicyclic) bond motifs is 30. The highest BCUT2D eigenvalue weighted by Gasteiger charge is 2.25. The first-order valence-corrected chi connectivity index (χ1v) is 28.1. The number of ether oxygens (including phenoxy) is 20. The maximum Gasteiger partial charge on any atom is 0.331 e. The van der Waals surface area contributed by atoms with E-state index in [1.807, 2.05) is 0 Å². The molecule has 4 N–H and O–H groups in total. The van der Waals surface area contributed by atoms with E-state index in [2.05, 4.69) is 59.8 Å². The van der Waals surface area contributed by atoms with Crippen molar-refractivity contribution in [2.24, 2.45) is 0 Å². The maximum absolute atomic E-state index is 11.3. The molecule has 0 saturated heterocycles.